The highest BCUT2D eigenvalue weighted by atomic mass is 32.3. The molecule has 3 aliphatic carbocycles. The Morgan fingerprint density at radius 2 is 1.90 bits per heavy atom. The predicted octanol–water partition coefficient (Wildman–Crippen LogP) is 4.73. The number of aliphatic hydroxyl groups is 1. The molecule has 0 amide bonds. The molecule has 6 atom stereocenters. The molecule has 40 heavy (non-hydrogen) atoms. The Bertz CT molecular complexity index is 1980. The van der Waals surface area contributed by atoms with Crippen molar-refractivity contribution in [2.45, 2.75) is 36.0 Å². The summed E-state index contributed by atoms with van der Waals surface area (Å²) in [6.07, 6.45) is 2.24. The van der Waals surface area contributed by atoms with Crippen LogP contribution in [0.4, 0.5) is 5.69 Å². The van der Waals surface area contributed by atoms with Gasteiger partial charge in [0.05, 0.1) is 12.0 Å². The molecule has 8 nitrogen and oxygen atoms in total. The lowest BCUT2D eigenvalue weighted by molar-refractivity contribution is -0.118. The molecule has 1 fully saturated rings. The average molecular weight is 572 g/mol. The highest BCUT2D eigenvalue weighted by Gasteiger charge is 2.57. The van der Waals surface area contributed by atoms with Crippen LogP contribution in [0.2, 0.25) is 0 Å². The Balaban J connectivity index is 1.47. The Hall–Kier alpha value is -3.28. The summed E-state index contributed by atoms with van der Waals surface area (Å²) in [7, 11) is -4.93. The lowest BCUT2D eigenvalue weighted by Crippen LogP contribution is -2.37. The summed E-state index contributed by atoms with van der Waals surface area (Å²) in [5.41, 5.74) is 7.45. The summed E-state index contributed by atoms with van der Waals surface area (Å²) < 4.78 is 38.5. The van der Waals surface area contributed by atoms with Crippen molar-refractivity contribution >= 4 is 55.6 Å². The number of fused-ring (bicyclic) bond motifs is 6. The third-order valence-corrected chi connectivity index (χ3v) is 11.2. The lowest BCUT2D eigenvalue weighted by atomic mass is 9.61. The molecule has 200 valence electrons. The van der Waals surface area contributed by atoms with Crippen molar-refractivity contribution in [1.82, 2.24) is 0 Å². The zero-order chi connectivity index (χ0) is 27.4. The molecule has 1 saturated heterocycles. The smallest absolute Gasteiger partial charge is 0.386 e. The third kappa shape index (κ3) is 2.66. The Labute approximate surface area is 233 Å². The van der Waals surface area contributed by atoms with Crippen molar-refractivity contribution in [2.24, 2.45) is 11.8 Å². The molecule has 9 rings (SSSR count). The van der Waals surface area contributed by atoms with Gasteiger partial charge in [-0.05, 0) is 70.6 Å². The first-order chi connectivity index (χ1) is 19.1. The maximum atomic E-state index is 13.4. The van der Waals surface area contributed by atoms with Crippen LogP contribution in [-0.4, -0.2) is 41.6 Å². The second-order valence-electron chi connectivity index (χ2n) is 11.5. The van der Waals surface area contributed by atoms with Crippen molar-refractivity contribution in [2.75, 3.05) is 11.4 Å². The fraction of sp³-hybridized carbons (Fsp3) is 0.267. The molecule has 0 radical (unpaired) electrons. The zero-order valence-corrected chi connectivity index (χ0v) is 22.6. The molecule has 3 heterocycles. The number of hydrogen-bond donors (Lipinski definition) is 2. The zero-order valence-electron chi connectivity index (χ0n) is 21.0. The summed E-state index contributed by atoms with van der Waals surface area (Å²) in [6, 6.07) is 9.89. The van der Waals surface area contributed by atoms with Gasteiger partial charge in [0.25, 0.3) is 0 Å². The minimum atomic E-state index is -4.93. The van der Waals surface area contributed by atoms with Crippen LogP contribution in [0.3, 0.4) is 0 Å². The van der Waals surface area contributed by atoms with E-state index >= 15 is 0 Å². The molecule has 3 aromatic carbocycles. The second kappa shape index (κ2) is 7.32. The molecular weight excluding hydrogens is 550 g/mol. The number of anilines is 1. The quantitative estimate of drug-likeness (QED) is 0.420. The molecule has 2 N–H and O–H groups in total. The SMILES string of the molecule is CC1=CC(=O)[C@H]2c3cccc4c3[C@H]3[C@@H]1[C@@H]2CN3c1ccc2c3c(c5c(c-4c13)C=C[C@@H](O)[C@@H]5OS(=O)(=O)O)SC2=O. The van der Waals surface area contributed by atoms with Crippen LogP contribution in [0.15, 0.2) is 53.0 Å². The highest BCUT2D eigenvalue weighted by Crippen LogP contribution is 2.65. The molecule has 0 spiro atoms. The molecule has 3 aromatic rings. The van der Waals surface area contributed by atoms with Crippen molar-refractivity contribution < 1.29 is 31.8 Å². The number of carbonyl (C=O) groups excluding carboxylic acids is 2. The van der Waals surface area contributed by atoms with Crippen molar-refractivity contribution in [3.05, 3.63) is 75.9 Å². The van der Waals surface area contributed by atoms with Gasteiger partial charge in [-0.25, -0.2) is 4.18 Å². The van der Waals surface area contributed by atoms with Gasteiger partial charge in [0.2, 0.25) is 5.12 Å². The highest BCUT2D eigenvalue weighted by molar-refractivity contribution is 8.15. The number of thioether (sulfide) groups is 1. The van der Waals surface area contributed by atoms with Crippen LogP contribution in [0.1, 0.15) is 57.6 Å². The van der Waals surface area contributed by atoms with E-state index in [4.69, 9.17) is 4.18 Å². The van der Waals surface area contributed by atoms with Crippen LogP contribution < -0.4 is 4.90 Å². The van der Waals surface area contributed by atoms with E-state index in [1.807, 2.05) is 37.3 Å². The van der Waals surface area contributed by atoms with Gasteiger partial charge in [-0.2, -0.15) is 8.42 Å². The first kappa shape index (κ1) is 23.4. The summed E-state index contributed by atoms with van der Waals surface area (Å²) >= 11 is 0.997. The normalized spacial score (nSPS) is 30.1. The summed E-state index contributed by atoms with van der Waals surface area (Å²) in [5.74, 6) is 0.213. The van der Waals surface area contributed by atoms with E-state index in [1.165, 1.54) is 6.08 Å². The molecule has 0 saturated carbocycles. The van der Waals surface area contributed by atoms with Crippen molar-refractivity contribution in [1.29, 1.82) is 0 Å². The van der Waals surface area contributed by atoms with E-state index in [-0.39, 0.29) is 34.7 Å². The average Bonchev–Trinajstić information content (AvgIpc) is 3.36. The minimum absolute atomic E-state index is 0.00415. The van der Waals surface area contributed by atoms with Gasteiger partial charge >= 0.3 is 10.4 Å². The molecule has 10 heteroatoms. The molecule has 0 unspecified atom stereocenters. The van der Waals surface area contributed by atoms with Gasteiger partial charge in [-0.1, -0.05) is 35.9 Å². The third-order valence-electron chi connectivity index (χ3n) is 9.68. The number of rotatable bonds is 2. The van der Waals surface area contributed by atoms with Gasteiger partial charge in [0.1, 0.15) is 12.2 Å². The fourth-order valence-electron chi connectivity index (χ4n) is 8.48. The molecular formula is C30H21NO7S2. The molecule has 0 aromatic heterocycles. The van der Waals surface area contributed by atoms with Gasteiger partial charge < -0.3 is 10.0 Å². The summed E-state index contributed by atoms with van der Waals surface area (Å²) in [4.78, 5) is 29.7. The van der Waals surface area contributed by atoms with Gasteiger partial charge in [0.15, 0.2) is 5.78 Å². The van der Waals surface area contributed by atoms with Gasteiger partial charge in [-0.3, -0.25) is 14.1 Å². The minimum Gasteiger partial charge on any atom is -0.386 e. The number of aliphatic hydroxyl groups excluding tert-OH is 1. The van der Waals surface area contributed by atoms with Crippen LogP contribution in [0.5, 0.6) is 0 Å². The van der Waals surface area contributed by atoms with E-state index in [0.29, 0.717) is 33.5 Å². The van der Waals surface area contributed by atoms with Gasteiger partial charge in [-0.15, -0.1) is 0 Å². The van der Waals surface area contributed by atoms with Crippen LogP contribution in [-0.2, 0) is 19.4 Å². The second-order valence-corrected chi connectivity index (χ2v) is 13.5. The van der Waals surface area contributed by atoms with E-state index in [2.05, 4.69) is 11.0 Å². The van der Waals surface area contributed by atoms with E-state index in [0.717, 1.165) is 50.7 Å². The first-order valence-corrected chi connectivity index (χ1v) is 15.3. The molecule has 6 aliphatic rings. The Morgan fingerprint density at radius 1 is 1.07 bits per heavy atom. The maximum absolute atomic E-state index is 13.4. The van der Waals surface area contributed by atoms with Gasteiger partial charge in [0, 0.05) is 44.9 Å². The van der Waals surface area contributed by atoms with E-state index in [9.17, 15) is 27.7 Å². The lowest BCUT2D eigenvalue weighted by Gasteiger charge is -2.41. The Morgan fingerprint density at radius 3 is 2.70 bits per heavy atom. The topological polar surface area (TPSA) is 121 Å². The summed E-state index contributed by atoms with van der Waals surface area (Å²) in [6.45, 7) is 2.75. The standard InChI is InChI=1S/C30H21NO7S2/c1-11-9-19(33)21-12-3-2-4-13-22-14-6-8-18(32)28(38-40(35,36)37)25(14)29-24-15(30(34)39-29)5-7-17(26(22)24)31-10-16(21)20(11)27(31)23(12)13/h2-9,16,18,20-21,27-28,32H,10H2,1H3,(H,35,36,37)/t16-,18+,20-,21-,27+,28-/m0/s1. The molecule has 3 aliphatic heterocycles. The first-order valence-electron chi connectivity index (χ1n) is 13.2. The molecule has 4 bridgehead atoms. The van der Waals surface area contributed by atoms with Crippen molar-refractivity contribution in [3.63, 3.8) is 0 Å². The number of allylic oxidation sites excluding steroid dienone is 1. The van der Waals surface area contributed by atoms with Crippen LogP contribution in [0, 0.1) is 11.8 Å². The van der Waals surface area contributed by atoms with Crippen LogP contribution >= 0.6 is 11.8 Å². The summed E-state index contributed by atoms with van der Waals surface area (Å²) in [5, 5.41) is 12.3. The largest absolute Gasteiger partial charge is 0.398 e. The number of ketones is 1. The number of nitrogens with zero attached hydrogens (tertiary/aromatic N) is 1. The monoisotopic (exact) mass is 571 g/mol. The number of carbonyl (C=O) groups is 2. The maximum Gasteiger partial charge on any atom is 0.398 e. The predicted molar refractivity (Wildman–Crippen MR) is 149 cm³/mol. The van der Waals surface area contributed by atoms with Crippen LogP contribution in [0.25, 0.3) is 28.0 Å². The van der Waals surface area contributed by atoms with Crippen molar-refractivity contribution in [3.8, 4) is 11.1 Å². The van der Waals surface area contributed by atoms with E-state index in [1.54, 1.807) is 6.08 Å². The fourth-order valence-corrected chi connectivity index (χ4v) is 10.1. The Kier molecular flexibility index (Phi) is 4.28. The van der Waals surface area contributed by atoms with E-state index < -0.39 is 22.6 Å². The number of benzene rings is 3. The number of hydrogen-bond acceptors (Lipinski definition) is 8.